The number of carbonyl (C=O) groups is 1. The summed E-state index contributed by atoms with van der Waals surface area (Å²) in [6.45, 7) is 0.798. The number of thioether (sulfide) groups is 1. The molecule has 3 heterocycles. The SMILES string of the molecule is O=C(CSc1nncn1CCc1cccs1)c1c(-c2ccccc2)[nH]c2ccccc12. The zero-order valence-corrected chi connectivity index (χ0v) is 18.3. The smallest absolute Gasteiger partial charge is 0.191 e. The van der Waals surface area contributed by atoms with Crippen LogP contribution in [0, 0.1) is 0 Å². The Morgan fingerprint density at radius 1 is 1.03 bits per heavy atom. The molecule has 0 aliphatic heterocycles. The maximum Gasteiger partial charge on any atom is 0.191 e. The Balaban J connectivity index is 1.38. The molecule has 0 aliphatic rings. The molecular weight excluding hydrogens is 424 g/mol. The number of para-hydroxylation sites is 1. The molecule has 0 saturated carbocycles. The van der Waals surface area contributed by atoms with Crippen LogP contribution in [0.2, 0.25) is 0 Å². The molecule has 5 nitrogen and oxygen atoms in total. The van der Waals surface area contributed by atoms with Crippen LogP contribution in [0.4, 0.5) is 0 Å². The van der Waals surface area contributed by atoms with Crippen LogP contribution in [0.25, 0.3) is 22.2 Å². The molecule has 0 radical (unpaired) electrons. The minimum Gasteiger partial charge on any atom is -0.354 e. The number of ketones is 1. The first kappa shape index (κ1) is 19.8. The van der Waals surface area contributed by atoms with Crippen LogP contribution in [0.15, 0.2) is 83.6 Å². The van der Waals surface area contributed by atoms with Crippen molar-refractivity contribution in [2.45, 2.75) is 18.1 Å². The molecule has 7 heteroatoms. The van der Waals surface area contributed by atoms with E-state index in [-0.39, 0.29) is 5.78 Å². The number of aromatic nitrogens is 4. The van der Waals surface area contributed by atoms with E-state index in [0.717, 1.165) is 45.8 Å². The number of H-pyrrole nitrogens is 1. The minimum absolute atomic E-state index is 0.0779. The third-order valence-electron chi connectivity index (χ3n) is 5.14. The Morgan fingerprint density at radius 3 is 2.71 bits per heavy atom. The summed E-state index contributed by atoms with van der Waals surface area (Å²) in [5.41, 5.74) is 3.57. The van der Waals surface area contributed by atoms with Gasteiger partial charge in [0, 0.05) is 22.3 Å². The fourth-order valence-electron chi connectivity index (χ4n) is 3.65. The van der Waals surface area contributed by atoms with Gasteiger partial charge in [-0.1, -0.05) is 66.4 Å². The lowest BCUT2D eigenvalue weighted by molar-refractivity contribution is 0.102. The van der Waals surface area contributed by atoms with Crippen molar-refractivity contribution in [1.29, 1.82) is 0 Å². The van der Waals surface area contributed by atoms with E-state index in [1.165, 1.54) is 16.6 Å². The van der Waals surface area contributed by atoms with Crippen molar-refractivity contribution >= 4 is 39.8 Å². The number of aromatic amines is 1. The number of thiophene rings is 1. The molecule has 154 valence electrons. The number of carbonyl (C=O) groups excluding carboxylic acids is 1. The van der Waals surface area contributed by atoms with Crippen molar-refractivity contribution in [3.8, 4) is 11.3 Å². The molecule has 2 aromatic carbocycles. The predicted octanol–water partition coefficient (Wildman–Crippen LogP) is 5.71. The van der Waals surface area contributed by atoms with Crippen molar-refractivity contribution in [3.63, 3.8) is 0 Å². The van der Waals surface area contributed by atoms with Gasteiger partial charge in [-0.2, -0.15) is 0 Å². The van der Waals surface area contributed by atoms with Crippen molar-refractivity contribution < 1.29 is 4.79 Å². The largest absolute Gasteiger partial charge is 0.354 e. The Hall–Kier alpha value is -3.16. The number of rotatable bonds is 8. The molecule has 0 saturated heterocycles. The van der Waals surface area contributed by atoms with E-state index in [1.807, 2.05) is 59.2 Å². The van der Waals surface area contributed by atoms with Crippen LogP contribution >= 0.6 is 23.1 Å². The molecular formula is C24H20N4OS2. The highest BCUT2D eigenvalue weighted by Crippen LogP contribution is 2.32. The first-order valence-corrected chi connectivity index (χ1v) is 11.9. The number of nitrogens with zero attached hydrogens (tertiary/aromatic N) is 3. The second-order valence-corrected chi connectivity index (χ2v) is 9.11. The third-order valence-corrected chi connectivity index (χ3v) is 7.06. The molecule has 0 bridgehead atoms. The molecule has 5 rings (SSSR count). The molecule has 0 fully saturated rings. The Morgan fingerprint density at radius 2 is 1.87 bits per heavy atom. The second kappa shape index (κ2) is 8.91. The van der Waals surface area contributed by atoms with Gasteiger partial charge in [0.1, 0.15) is 6.33 Å². The average molecular weight is 445 g/mol. The van der Waals surface area contributed by atoms with Crippen molar-refractivity contribution in [1.82, 2.24) is 19.7 Å². The maximum absolute atomic E-state index is 13.4. The molecule has 31 heavy (non-hydrogen) atoms. The van der Waals surface area contributed by atoms with Gasteiger partial charge in [0.05, 0.1) is 17.0 Å². The zero-order valence-electron chi connectivity index (χ0n) is 16.7. The van der Waals surface area contributed by atoms with Gasteiger partial charge in [0.25, 0.3) is 0 Å². The fourth-order valence-corrected chi connectivity index (χ4v) is 5.16. The number of hydrogen-bond donors (Lipinski definition) is 1. The summed E-state index contributed by atoms with van der Waals surface area (Å²) in [5.74, 6) is 0.383. The van der Waals surface area contributed by atoms with Gasteiger partial charge in [0.2, 0.25) is 0 Å². The molecule has 0 spiro atoms. The van der Waals surface area contributed by atoms with E-state index in [4.69, 9.17) is 0 Å². The monoisotopic (exact) mass is 444 g/mol. The first-order chi connectivity index (χ1) is 15.3. The number of benzene rings is 2. The standard InChI is InChI=1S/C24H20N4OS2/c29-21(15-31-24-27-25-16-28(24)13-12-18-9-6-14-30-18)22-19-10-4-5-11-20(19)26-23(22)17-7-2-1-3-8-17/h1-11,14,16,26H,12-13,15H2. The van der Waals surface area contributed by atoms with Crippen LogP contribution in [0.5, 0.6) is 0 Å². The lowest BCUT2D eigenvalue weighted by atomic mass is 10.0. The van der Waals surface area contributed by atoms with Gasteiger partial charge in [-0.05, 0) is 29.5 Å². The molecule has 0 atom stereocenters. The first-order valence-electron chi connectivity index (χ1n) is 10.0. The van der Waals surface area contributed by atoms with E-state index >= 15 is 0 Å². The summed E-state index contributed by atoms with van der Waals surface area (Å²) in [6.07, 6.45) is 2.67. The van der Waals surface area contributed by atoms with E-state index in [9.17, 15) is 4.79 Å². The molecule has 1 N–H and O–H groups in total. The van der Waals surface area contributed by atoms with Gasteiger partial charge in [-0.25, -0.2) is 0 Å². The van der Waals surface area contributed by atoms with Crippen molar-refractivity contribution in [2.75, 3.05) is 5.75 Å². The highest BCUT2D eigenvalue weighted by Gasteiger charge is 2.20. The number of Topliss-reactive ketones (excluding diaryl/α,β-unsaturated/α-hetero) is 1. The lowest BCUT2D eigenvalue weighted by Crippen LogP contribution is -2.06. The van der Waals surface area contributed by atoms with Crippen molar-refractivity contribution in [3.05, 3.63) is 88.9 Å². The van der Waals surface area contributed by atoms with Crippen LogP contribution in [0.1, 0.15) is 15.2 Å². The van der Waals surface area contributed by atoms with Gasteiger partial charge < -0.3 is 9.55 Å². The normalized spacial score (nSPS) is 11.2. The molecule has 0 amide bonds. The third kappa shape index (κ3) is 4.19. The van der Waals surface area contributed by atoms with Gasteiger partial charge in [-0.3, -0.25) is 4.79 Å². The summed E-state index contributed by atoms with van der Waals surface area (Å²) in [7, 11) is 0. The minimum atomic E-state index is 0.0779. The Labute approximate surface area is 188 Å². The van der Waals surface area contributed by atoms with E-state index < -0.39 is 0 Å². The molecule has 3 aromatic heterocycles. The summed E-state index contributed by atoms with van der Waals surface area (Å²) < 4.78 is 2.02. The zero-order chi connectivity index (χ0) is 21.0. The van der Waals surface area contributed by atoms with Crippen LogP contribution < -0.4 is 0 Å². The summed E-state index contributed by atoms with van der Waals surface area (Å²) in [4.78, 5) is 18.1. The van der Waals surface area contributed by atoms with Gasteiger partial charge in [0.15, 0.2) is 10.9 Å². The van der Waals surface area contributed by atoms with Crippen LogP contribution in [-0.2, 0) is 13.0 Å². The van der Waals surface area contributed by atoms with Crippen molar-refractivity contribution in [2.24, 2.45) is 0 Å². The second-order valence-electron chi connectivity index (χ2n) is 7.13. The highest BCUT2D eigenvalue weighted by molar-refractivity contribution is 7.99. The van der Waals surface area contributed by atoms with E-state index in [1.54, 1.807) is 17.7 Å². The number of nitrogens with one attached hydrogen (secondary N) is 1. The summed E-state index contributed by atoms with van der Waals surface area (Å²) in [6, 6.07) is 22.1. The highest BCUT2D eigenvalue weighted by atomic mass is 32.2. The van der Waals surface area contributed by atoms with E-state index in [2.05, 4.69) is 32.7 Å². The maximum atomic E-state index is 13.4. The molecule has 0 unspecified atom stereocenters. The molecule has 0 aliphatic carbocycles. The summed E-state index contributed by atoms with van der Waals surface area (Å²) in [5, 5.41) is 12.1. The molecule has 5 aromatic rings. The van der Waals surface area contributed by atoms with Crippen LogP contribution in [-0.4, -0.2) is 31.3 Å². The predicted molar refractivity (Wildman–Crippen MR) is 127 cm³/mol. The Kier molecular flexibility index (Phi) is 5.69. The average Bonchev–Trinajstić information content (AvgIpc) is 3.56. The number of hydrogen-bond acceptors (Lipinski definition) is 5. The van der Waals surface area contributed by atoms with Gasteiger partial charge >= 0.3 is 0 Å². The number of aryl methyl sites for hydroxylation is 2. The van der Waals surface area contributed by atoms with E-state index in [0.29, 0.717) is 5.75 Å². The Bertz CT molecular complexity index is 1310. The van der Waals surface area contributed by atoms with Gasteiger partial charge in [-0.15, -0.1) is 21.5 Å². The number of fused-ring (bicyclic) bond motifs is 1. The quantitative estimate of drug-likeness (QED) is 0.246. The lowest BCUT2D eigenvalue weighted by Gasteiger charge is -2.07. The fraction of sp³-hybridized carbons (Fsp3) is 0.125. The summed E-state index contributed by atoms with van der Waals surface area (Å²) >= 11 is 3.19. The van der Waals surface area contributed by atoms with Crippen LogP contribution in [0.3, 0.4) is 0 Å². The topological polar surface area (TPSA) is 63.6 Å².